The van der Waals surface area contributed by atoms with Gasteiger partial charge in [-0.25, -0.2) is 4.79 Å². The van der Waals surface area contributed by atoms with Gasteiger partial charge in [0.15, 0.2) is 11.5 Å². The average molecular weight is 380 g/mol. The third-order valence-corrected chi connectivity index (χ3v) is 5.24. The second-order valence-electron chi connectivity index (χ2n) is 7.91. The fourth-order valence-corrected chi connectivity index (χ4v) is 3.88. The molecule has 2 aromatic carbocycles. The zero-order valence-electron chi connectivity index (χ0n) is 16.1. The summed E-state index contributed by atoms with van der Waals surface area (Å²) in [5.41, 5.74) is -0.631. The Morgan fingerprint density at radius 2 is 1.75 bits per heavy atom. The lowest BCUT2D eigenvalue weighted by Gasteiger charge is -2.21. The van der Waals surface area contributed by atoms with Gasteiger partial charge in [0, 0.05) is 10.9 Å². The Morgan fingerprint density at radius 3 is 2.39 bits per heavy atom. The van der Waals surface area contributed by atoms with Crippen molar-refractivity contribution < 1.29 is 19.4 Å². The summed E-state index contributed by atoms with van der Waals surface area (Å²) in [4.78, 5) is 12.4. The SMILES string of the molecule is CC(C)(O)c1oc(=O)c2ccccc2c1-c1ccc(OC2CCCC2)c(O)c1. The molecular weight excluding hydrogens is 356 g/mol. The number of phenolic OH excluding ortho intramolecular Hbond substituents is 1. The van der Waals surface area contributed by atoms with Crippen LogP contribution in [-0.4, -0.2) is 16.3 Å². The van der Waals surface area contributed by atoms with Gasteiger partial charge in [0.25, 0.3) is 0 Å². The highest BCUT2D eigenvalue weighted by Crippen LogP contribution is 2.40. The van der Waals surface area contributed by atoms with Crippen molar-refractivity contribution in [2.75, 3.05) is 0 Å². The number of rotatable bonds is 4. The topological polar surface area (TPSA) is 79.9 Å². The minimum atomic E-state index is -1.37. The molecule has 1 aromatic heterocycles. The Labute approximate surface area is 163 Å². The van der Waals surface area contributed by atoms with Crippen LogP contribution < -0.4 is 10.4 Å². The predicted molar refractivity (Wildman–Crippen MR) is 108 cm³/mol. The highest BCUT2D eigenvalue weighted by molar-refractivity contribution is 5.97. The van der Waals surface area contributed by atoms with E-state index in [9.17, 15) is 15.0 Å². The molecule has 146 valence electrons. The number of aromatic hydroxyl groups is 1. The van der Waals surface area contributed by atoms with E-state index < -0.39 is 11.2 Å². The van der Waals surface area contributed by atoms with E-state index in [0.717, 1.165) is 25.7 Å². The molecule has 0 aliphatic heterocycles. The molecule has 3 aromatic rings. The van der Waals surface area contributed by atoms with Gasteiger partial charge in [0.05, 0.1) is 11.5 Å². The summed E-state index contributed by atoms with van der Waals surface area (Å²) >= 11 is 0. The van der Waals surface area contributed by atoms with Gasteiger partial charge in [-0.2, -0.15) is 0 Å². The molecule has 1 saturated carbocycles. The molecule has 5 heteroatoms. The quantitative estimate of drug-likeness (QED) is 0.685. The van der Waals surface area contributed by atoms with Gasteiger partial charge < -0.3 is 19.4 Å². The molecule has 1 heterocycles. The smallest absolute Gasteiger partial charge is 0.343 e. The number of hydrogen-bond donors (Lipinski definition) is 2. The van der Waals surface area contributed by atoms with Gasteiger partial charge in [0.2, 0.25) is 0 Å². The summed E-state index contributed by atoms with van der Waals surface area (Å²) in [6, 6.07) is 12.3. The van der Waals surface area contributed by atoms with Gasteiger partial charge in [-0.05, 0) is 63.3 Å². The fraction of sp³-hybridized carbons (Fsp3) is 0.348. The zero-order valence-corrected chi connectivity index (χ0v) is 16.1. The van der Waals surface area contributed by atoms with E-state index in [1.165, 1.54) is 0 Å². The van der Waals surface area contributed by atoms with E-state index in [1.54, 1.807) is 38.1 Å². The highest BCUT2D eigenvalue weighted by Gasteiger charge is 2.28. The minimum absolute atomic E-state index is 0.0291. The summed E-state index contributed by atoms with van der Waals surface area (Å²) in [7, 11) is 0. The Hall–Kier alpha value is -2.79. The van der Waals surface area contributed by atoms with E-state index in [1.807, 2.05) is 18.2 Å². The Balaban J connectivity index is 1.87. The maximum atomic E-state index is 12.4. The molecule has 4 rings (SSSR count). The molecule has 0 saturated heterocycles. The molecule has 0 radical (unpaired) electrons. The monoisotopic (exact) mass is 380 g/mol. The molecule has 1 aliphatic rings. The maximum Gasteiger partial charge on any atom is 0.343 e. The zero-order chi connectivity index (χ0) is 19.9. The van der Waals surface area contributed by atoms with Crippen molar-refractivity contribution in [2.24, 2.45) is 0 Å². The van der Waals surface area contributed by atoms with Gasteiger partial charge in [-0.15, -0.1) is 0 Å². The van der Waals surface area contributed by atoms with Crippen LogP contribution in [0.1, 0.15) is 45.3 Å². The number of benzene rings is 2. The Bertz CT molecular complexity index is 1070. The molecule has 2 N–H and O–H groups in total. The number of ether oxygens (including phenoxy) is 1. The average Bonchev–Trinajstić information content (AvgIpc) is 3.16. The first kappa shape index (κ1) is 18.6. The molecule has 5 nitrogen and oxygen atoms in total. The van der Waals surface area contributed by atoms with Gasteiger partial charge in [-0.1, -0.05) is 24.3 Å². The third kappa shape index (κ3) is 3.38. The largest absolute Gasteiger partial charge is 0.504 e. The number of phenols is 1. The van der Waals surface area contributed by atoms with E-state index in [0.29, 0.717) is 27.6 Å². The molecule has 0 amide bonds. The molecule has 28 heavy (non-hydrogen) atoms. The number of hydrogen-bond acceptors (Lipinski definition) is 5. The van der Waals surface area contributed by atoms with Crippen LogP contribution >= 0.6 is 0 Å². The lowest BCUT2D eigenvalue weighted by molar-refractivity contribution is 0.0521. The number of aliphatic hydroxyl groups is 1. The van der Waals surface area contributed by atoms with Crippen LogP contribution in [0.25, 0.3) is 21.9 Å². The molecule has 1 aliphatic carbocycles. The molecule has 0 unspecified atom stereocenters. The van der Waals surface area contributed by atoms with Gasteiger partial charge >= 0.3 is 5.63 Å². The summed E-state index contributed by atoms with van der Waals surface area (Å²) in [5, 5.41) is 22.3. The first-order valence-corrected chi connectivity index (χ1v) is 9.63. The third-order valence-electron chi connectivity index (χ3n) is 5.24. The second-order valence-corrected chi connectivity index (χ2v) is 7.91. The van der Waals surface area contributed by atoms with Crippen LogP contribution in [0.2, 0.25) is 0 Å². The van der Waals surface area contributed by atoms with Crippen molar-refractivity contribution in [1.29, 1.82) is 0 Å². The predicted octanol–water partition coefficient (Wildman–Crippen LogP) is 4.71. The van der Waals surface area contributed by atoms with Crippen molar-refractivity contribution in [2.45, 2.75) is 51.2 Å². The highest BCUT2D eigenvalue weighted by atomic mass is 16.5. The van der Waals surface area contributed by atoms with Crippen LogP contribution in [0, 0.1) is 0 Å². The standard InChI is InChI=1S/C23H24O5/c1-23(2,26)21-20(16-9-5-6-10-17(16)22(25)28-21)14-11-12-19(18(24)13-14)27-15-7-3-4-8-15/h5-6,9-13,15,24,26H,3-4,7-8H2,1-2H3. The normalized spacial score (nSPS) is 15.2. The van der Waals surface area contributed by atoms with E-state index in [-0.39, 0.29) is 17.6 Å². The second kappa shape index (κ2) is 6.99. The van der Waals surface area contributed by atoms with Crippen molar-refractivity contribution >= 4 is 10.8 Å². The summed E-state index contributed by atoms with van der Waals surface area (Å²) in [6.45, 7) is 3.14. The summed E-state index contributed by atoms with van der Waals surface area (Å²) in [6.07, 6.45) is 4.43. The molecular formula is C23H24O5. The van der Waals surface area contributed by atoms with Crippen molar-refractivity contribution in [3.05, 3.63) is 58.6 Å². The first-order valence-electron chi connectivity index (χ1n) is 9.63. The van der Waals surface area contributed by atoms with Gasteiger partial charge in [0.1, 0.15) is 11.4 Å². The van der Waals surface area contributed by atoms with Crippen LogP contribution in [0.15, 0.2) is 51.7 Å². The van der Waals surface area contributed by atoms with Crippen molar-refractivity contribution in [3.8, 4) is 22.6 Å². The van der Waals surface area contributed by atoms with Crippen LogP contribution in [0.5, 0.6) is 11.5 Å². The molecule has 0 atom stereocenters. The Kier molecular flexibility index (Phi) is 4.63. The Morgan fingerprint density at radius 1 is 1.07 bits per heavy atom. The number of fused-ring (bicyclic) bond motifs is 1. The molecule has 1 fully saturated rings. The minimum Gasteiger partial charge on any atom is -0.504 e. The lowest BCUT2D eigenvalue weighted by atomic mass is 9.92. The fourth-order valence-electron chi connectivity index (χ4n) is 3.88. The lowest BCUT2D eigenvalue weighted by Crippen LogP contribution is -2.20. The summed E-state index contributed by atoms with van der Waals surface area (Å²) < 4.78 is 11.4. The van der Waals surface area contributed by atoms with E-state index in [4.69, 9.17) is 9.15 Å². The van der Waals surface area contributed by atoms with Crippen LogP contribution in [0.3, 0.4) is 0 Å². The first-order chi connectivity index (χ1) is 13.3. The van der Waals surface area contributed by atoms with Crippen LogP contribution in [-0.2, 0) is 5.60 Å². The van der Waals surface area contributed by atoms with E-state index in [2.05, 4.69) is 0 Å². The van der Waals surface area contributed by atoms with Gasteiger partial charge in [-0.3, -0.25) is 0 Å². The molecule has 0 bridgehead atoms. The summed E-state index contributed by atoms with van der Waals surface area (Å²) in [5.74, 6) is 0.642. The molecule has 0 spiro atoms. The van der Waals surface area contributed by atoms with E-state index >= 15 is 0 Å². The van der Waals surface area contributed by atoms with Crippen LogP contribution in [0.4, 0.5) is 0 Å². The van der Waals surface area contributed by atoms with Crippen molar-refractivity contribution in [3.63, 3.8) is 0 Å². The van der Waals surface area contributed by atoms with Crippen molar-refractivity contribution in [1.82, 2.24) is 0 Å². The maximum absolute atomic E-state index is 12.4.